The van der Waals surface area contributed by atoms with E-state index < -0.39 is 11.9 Å². The van der Waals surface area contributed by atoms with Crippen LogP contribution in [0.4, 0.5) is 4.39 Å². The third kappa shape index (κ3) is 3.56. The summed E-state index contributed by atoms with van der Waals surface area (Å²) in [5.41, 5.74) is 6.30. The van der Waals surface area contributed by atoms with Gasteiger partial charge in [0.2, 0.25) is 11.8 Å². The van der Waals surface area contributed by atoms with Gasteiger partial charge in [-0.3, -0.25) is 9.59 Å². The molecule has 1 saturated heterocycles. The highest BCUT2D eigenvalue weighted by Gasteiger charge is 2.40. The Balaban J connectivity index is 2.30. The van der Waals surface area contributed by atoms with Crippen molar-refractivity contribution in [1.29, 1.82) is 0 Å². The second kappa shape index (κ2) is 6.47. The predicted molar refractivity (Wildman–Crippen MR) is 80.9 cm³/mol. The van der Waals surface area contributed by atoms with Crippen molar-refractivity contribution in [3.05, 3.63) is 35.6 Å². The van der Waals surface area contributed by atoms with Crippen LogP contribution < -0.4 is 5.73 Å². The molecular formula is C15H19FN2O2S. The van der Waals surface area contributed by atoms with Gasteiger partial charge in [-0.2, -0.15) is 0 Å². The maximum atomic E-state index is 13.0. The number of carbonyl (C=O) groups excluding carboxylic acids is 2. The second-order valence-corrected chi connectivity index (χ2v) is 6.63. The summed E-state index contributed by atoms with van der Waals surface area (Å²) >= 11 is 1.44. The van der Waals surface area contributed by atoms with E-state index in [1.54, 1.807) is 17.0 Å². The number of rotatable bonds is 5. The first-order chi connectivity index (χ1) is 9.90. The molecule has 1 aliphatic heterocycles. The Morgan fingerprint density at radius 2 is 2.05 bits per heavy atom. The number of halogens is 1. The predicted octanol–water partition coefficient (Wildman–Crippen LogP) is 2.30. The summed E-state index contributed by atoms with van der Waals surface area (Å²) < 4.78 is 13.0. The van der Waals surface area contributed by atoms with Gasteiger partial charge in [-0.1, -0.05) is 26.0 Å². The van der Waals surface area contributed by atoms with Gasteiger partial charge in [0.05, 0.1) is 5.75 Å². The van der Waals surface area contributed by atoms with E-state index in [1.807, 2.05) is 13.8 Å². The van der Waals surface area contributed by atoms with Gasteiger partial charge in [0.25, 0.3) is 0 Å². The van der Waals surface area contributed by atoms with Crippen LogP contribution in [0.15, 0.2) is 24.3 Å². The molecule has 6 heteroatoms. The molecule has 1 aromatic carbocycles. The molecule has 21 heavy (non-hydrogen) atoms. The fourth-order valence-corrected chi connectivity index (χ4v) is 3.69. The first-order valence-corrected chi connectivity index (χ1v) is 7.92. The summed E-state index contributed by atoms with van der Waals surface area (Å²) in [5.74, 6) is -0.363. The summed E-state index contributed by atoms with van der Waals surface area (Å²) in [6.07, 6.45) is 0.527. The number of hydrogen-bond acceptors (Lipinski definition) is 3. The Kier molecular flexibility index (Phi) is 4.88. The largest absolute Gasteiger partial charge is 0.368 e. The minimum absolute atomic E-state index is 0.0984. The summed E-state index contributed by atoms with van der Waals surface area (Å²) in [5, 5.41) is -0.283. The van der Waals surface area contributed by atoms with Gasteiger partial charge >= 0.3 is 0 Å². The monoisotopic (exact) mass is 310 g/mol. The lowest BCUT2D eigenvalue weighted by Gasteiger charge is -2.31. The molecule has 1 fully saturated rings. The molecule has 4 nitrogen and oxygen atoms in total. The Bertz CT molecular complexity index is 533. The number of amides is 2. The highest BCUT2D eigenvalue weighted by Crippen LogP contribution is 2.40. The molecular weight excluding hydrogens is 291 g/mol. The van der Waals surface area contributed by atoms with Crippen molar-refractivity contribution in [2.45, 2.75) is 31.7 Å². The first kappa shape index (κ1) is 15.8. The van der Waals surface area contributed by atoms with E-state index in [0.29, 0.717) is 12.2 Å². The molecule has 114 valence electrons. The maximum Gasteiger partial charge on any atom is 0.240 e. The molecule has 0 radical (unpaired) electrons. The Labute approximate surface area is 127 Å². The maximum absolute atomic E-state index is 13.0. The Morgan fingerprint density at radius 3 is 2.57 bits per heavy atom. The van der Waals surface area contributed by atoms with Gasteiger partial charge in [0.1, 0.15) is 17.2 Å². The van der Waals surface area contributed by atoms with Crippen LogP contribution in [-0.2, 0) is 9.59 Å². The molecule has 2 N–H and O–H groups in total. The topological polar surface area (TPSA) is 63.4 Å². The molecule has 1 heterocycles. The van der Waals surface area contributed by atoms with Gasteiger partial charge in [-0.15, -0.1) is 11.8 Å². The molecule has 2 atom stereocenters. The van der Waals surface area contributed by atoms with Crippen molar-refractivity contribution >= 4 is 23.6 Å². The van der Waals surface area contributed by atoms with E-state index >= 15 is 0 Å². The average molecular weight is 310 g/mol. The molecule has 0 aliphatic carbocycles. The van der Waals surface area contributed by atoms with Crippen LogP contribution in [0.3, 0.4) is 0 Å². The fraction of sp³-hybridized carbons (Fsp3) is 0.467. The lowest BCUT2D eigenvalue weighted by atomic mass is 10.0. The molecule has 0 saturated carbocycles. The smallest absolute Gasteiger partial charge is 0.240 e. The average Bonchev–Trinajstić information content (AvgIpc) is 2.78. The normalized spacial score (nSPS) is 20.1. The van der Waals surface area contributed by atoms with Crippen molar-refractivity contribution in [3.63, 3.8) is 0 Å². The minimum atomic E-state index is -0.623. The third-order valence-electron chi connectivity index (χ3n) is 3.42. The molecule has 1 aliphatic rings. The van der Waals surface area contributed by atoms with E-state index in [4.69, 9.17) is 5.73 Å². The van der Waals surface area contributed by atoms with Gasteiger partial charge in [-0.05, 0) is 30.0 Å². The first-order valence-electron chi connectivity index (χ1n) is 6.87. The van der Waals surface area contributed by atoms with Gasteiger partial charge in [0, 0.05) is 0 Å². The number of thioether (sulfide) groups is 1. The minimum Gasteiger partial charge on any atom is -0.368 e. The number of nitrogens with two attached hydrogens (primary N) is 1. The summed E-state index contributed by atoms with van der Waals surface area (Å²) in [7, 11) is 0. The number of carbonyl (C=O) groups is 2. The van der Waals surface area contributed by atoms with E-state index in [9.17, 15) is 14.0 Å². The number of benzene rings is 1. The highest BCUT2D eigenvalue weighted by atomic mass is 32.2. The number of hydrogen-bond donors (Lipinski definition) is 1. The van der Waals surface area contributed by atoms with Crippen LogP contribution in [0, 0.1) is 11.7 Å². The Hall–Kier alpha value is -1.56. The zero-order valence-corrected chi connectivity index (χ0v) is 12.9. The van der Waals surface area contributed by atoms with Gasteiger partial charge < -0.3 is 10.6 Å². The van der Waals surface area contributed by atoms with Crippen molar-refractivity contribution in [1.82, 2.24) is 4.90 Å². The van der Waals surface area contributed by atoms with Crippen molar-refractivity contribution in [2.24, 2.45) is 11.7 Å². The van der Waals surface area contributed by atoms with Gasteiger partial charge in [-0.25, -0.2) is 4.39 Å². The van der Waals surface area contributed by atoms with Crippen molar-refractivity contribution in [3.8, 4) is 0 Å². The third-order valence-corrected chi connectivity index (χ3v) is 4.65. The summed E-state index contributed by atoms with van der Waals surface area (Å²) in [6.45, 7) is 3.97. The van der Waals surface area contributed by atoms with Crippen molar-refractivity contribution < 1.29 is 14.0 Å². The molecule has 2 amide bonds. The molecule has 1 aromatic rings. The lowest BCUT2D eigenvalue weighted by Crippen LogP contribution is -2.47. The summed E-state index contributed by atoms with van der Waals surface area (Å²) in [4.78, 5) is 25.5. The van der Waals surface area contributed by atoms with Crippen LogP contribution >= 0.6 is 11.8 Å². The summed E-state index contributed by atoms with van der Waals surface area (Å²) in [6, 6.07) is 5.39. The van der Waals surface area contributed by atoms with Crippen LogP contribution in [0.5, 0.6) is 0 Å². The molecule has 0 aromatic heterocycles. The van der Waals surface area contributed by atoms with Crippen LogP contribution in [0.1, 0.15) is 31.2 Å². The van der Waals surface area contributed by atoms with Crippen molar-refractivity contribution in [2.75, 3.05) is 5.75 Å². The zero-order valence-electron chi connectivity index (χ0n) is 12.1. The van der Waals surface area contributed by atoms with Crippen LogP contribution in [-0.4, -0.2) is 28.5 Å². The van der Waals surface area contributed by atoms with Gasteiger partial charge in [0.15, 0.2) is 0 Å². The van der Waals surface area contributed by atoms with E-state index in [2.05, 4.69) is 0 Å². The second-order valence-electron chi connectivity index (χ2n) is 5.56. The Morgan fingerprint density at radius 1 is 1.43 bits per heavy atom. The molecule has 2 rings (SSSR count). The molecule has 0 unspecified atom stereocenters. The number of primary amides is 1. The van der Waals surface area contributed by atoms with E-state index in [0.717, 1.165) is 5.56 Å². The quantitative estimate of drug-likeness (QED) is 0.907. The number of nitrogens with zero attached hydrogens (tertiary/aromatic N) is 1. The SMILES string of the molecule is CC(C)C[C@H](C(N)=O)N1C(=O)CS[C@@H]1c1ccc(F)cc1. The zero-order chi connectivity index (χ0) is 15.6. The molecule has 0 spiro atoms. The standard InChI is InChI=1S/C15H19FN2O2S/c1-9(2)7-12(14(17)20)18-13(19)8-21-15(18)10-3-5-11(16)6-4-10/h3-6,9,12,15H,7-8H2,1-2H3,(H2,17,20)/t12-,15-/m1/s1. The fourth-order valence-electron chi connectivity index (χ4n) is 2.47. The van der Waals surface area contributed by atoms with Crippen LogP contribution in [0.25, 0.3) is 0 Å². The van der Waals surface area contributed by atoms with E-state index in [-0.39, 0.29) is 23.0 Å². The van der Waals surface area contributed by atoms with Crippen LogP contribution in [0.2, 0.25) is 0 Å². The van der Waals surface area contributed by atoms with E-state index in [1.165, 1.54) is 23.9 Å². The lowest BCUT2D eigenvalue weighted by molar-refractivity contribution is -0.137. The highest BCUT2D eigenvalue weighted by molar-refractivity contribution is 8.00. The molecule has 0 bridgehead atoms.